The SMILES string of the molecule is CS(=O)(=O)c1ccc(-c2cc3c(cc2C(=O)c2cccc(CO[N+](=O)[O-])c2)OCO3)cc1. The van der Waals surface area contributed by atoms with Crippen molar-refractivity contribution in [1.82, 2.24) is 0 Å². The van der Waals surface area contributed by atoms with Gasteiger partial charge in [-0.3, -0.25) is 4.79 Å². The molecule has 3 aromatic rings. The van der Waals surface area contributed by atoms with Crippen LogP contribution in [0.3, 0.4) is 0 Å². The molecule has 0 saturated heterocycles. The van der Waals surface area contributed by atoms with Crippen molar-refractivity contribution in [2.75, 3.05) is 13.0 Å². The van der Waals surface area contributed by atoms with E-state index in [1.807, 2.05) is 0 Å². The Morgan fingerprint density at radius 3 is 2.41 bits per heavy atom. The van der Waals surface area contributed by atoms with E-state index >= 15 is 0 Å². The number of ether oxygens (including phenoxy) is 2. The van der Waals surface area contributed by atoms with E-state index < -0.39 is 14.9 Å². The van der Waals surface area contributed by atoms with Crippen LogP contribution in [0.5, 0.6) is 11.5 Å². The number of ketones is 1. The molecule has 0 fully saturated rings. The molecule has 0 atom stereocenters. The maximum absolute atomic E-state index is 13.4. The Morgan fingerprint density at radius 2 is 1.75 bits per heavy atom. The zero-order valence-electron chi connectivity index (χ0n) is 16.8. The highest BCUT2D eigenvalue weighted by Crippen LogP contribution is 2.39. The molecule has 1 heterocycles. The van der Waals surface area contributed by atoms with Crippen LogP contribution in [0, 0.1) is 10.1 Å². The van der Waals surface area contributed by atoms with Crippen LogP contribution in [0.15, 0.2) is 65.6 Å². The average molecular weight is 455 g/mol. The maximum atomic E-state index is 13.4. The van der Waals surface area contributed by atoms with Gasteiger partial charge in [0.05, 0.1) is 4.90 Å². The molecule has 1 aliphatic rings. The summed E-state index contributed by atoms with van der Waals surface area (Å²) in [5, 5.41) is 9.56. The Morgan fingerprint density at radius 1 is 1.06 bits per heavy atom. The molecule has 3 aromatic carbocycles. The summed E-state index contributed by atoms with van der Waals surface area (Å²) in [5.41, 5.74) is 2.24. The topological polar surface area (TPSA) is 122 Å². The van der Waals surface area contributed by atoms with E-state index in [0.29, 0.717) is 39.3 Å². The zero-order chi connectivity index (χ0) is 22.9. The van der Waals surface area contributed by atoms with Gasteiger partial charge in [-0.1, -0.05) is 30.3 Å². The lowest BCUT2D eigenvalue weighted by Gasteiger charge is -2.12. The fourth-order valence-electron chi connectivity index (χ4n) is 3.34. The van der Waals surface area contributed by atoms with Crippen LogP contribution >= 0.6 is 0 Å². The standard InChI is InChI=1S/C22H17NO8S/c1-32(27,28)17-7-5-15(6-8-17)18-10-20-21(30-13-29-20)11-19(18)22(24)16-4-2-3-14(9-16)12-31-23(25)26/h2-11H,12-13H2,1H3. The second kappa shape index (κ2) is 8.31. The first kappa shape index (κ1) is 21.3. The maximum Gasteiger partial charge on any atom is 0.294 e. The van der Waals surface area contributed by atoms with Crippen LogP contribution in [0.2, 0.25) is 0 Å². The molecule has 32 heavy (non-hydrogen) atoms. The molecule has 10 heteroatoms. The molecule has 0 aliphatic carbocycles. The molecular formula is C22H17NO8S. The van der Waals surface area contributed by atoms with Crippen molar-refractivity contribution in [3.8, 4) is 22.6 Å². The number of nitrogens with zero attached hydrogens (tertiary/aromatic N) is 1. The van der Waals surface area contributed by atoms with Gasteiger partial charge in [0.2, 0.25) is 6.79 Å². The first-order valence-electron chi connectivity index (χ1n) is 9.37. The Bertz CT molecular complexity index is 1320. The smallest absolute Gasteiger partial charge is 0.294 e. The molecular weight excluding hydrogens is 438 g/mol. The van der Waals surface area contributed by atoms with E-state index in [-0.39, 0.29) is 24.1 Å². The molecule has 1 aliphatic heterocycles. The van der Waals surface area contributed by atoms with Crippen molar-refractivity contribution in [3.63, 3.8) is 0 Å². The molecule has 0 spiro atoms. The number of carbonyl (C=O) groups excluding carboxylic acids is 1. The van der Waals surface area contributed by atoms with E-state index in [2.05, 4.69) is 4.84 Å². The summed E-state index contributed by atoms with van der Waals surface area (Å²) >= 11 is 0. The Balaban J connectivity index is 1.76. The Labute approximate surface area is 183 Å². The number of hydrogen-bond acceptors (Lipinski definition) is 8. The third kappa shape index (κ3) is 4.40. The summed E-state index contributed by atoms with van der Waals surface area (Å²) in [7, 11) is -3.37. The normalized spacial score (nSPS) is 12.4. The highest BCUT2D eigenvalue weighted by molar-refractivity contribution is 7.90. The molecule has 164 valence electrons. The molecule has 0 N–H and O–H groups in total. The van der Waals surface area contributed by atoms with Crippen LogP contribution in [0.4, 0.5) is 0 Å². The molecule has 0 saturated carbocycles. The fraction of sp³-hybridized carbons (Fsp3) is 0.136. The lowest BCUT2D eigenvalue weighted by Crippen LogP contribution is -2.06. The van der Waals surface area contributed by atoms with Gasteiger partial charge in [-0.25, -0.2) is 8.42 Å². The van der Waals surface area contributed by atoms with Crippen LogP contribution in [0.25, 0.3) is 11.1 Å². The summed E-state index contributed by atoms with van der Waals surface area (Å²) in [5.74, 6) is 0.544. The highest BCUT2D eigenvalue weighted by atomic mass is 32.2. The third-order valence-electron chi connectivity index (χ3n) is 4.88. The van der Waals surface area contributed by atoms with Crippen LogP contribution in [-0.4, -0.2) is 32.3 Å². The molecule has 0 bridgehead atoms. The van der Waals surface area contributed by atoms with Gasteiger partial charge < -0.3 is 14.3 Å². The third-order valence-corrected chi connectivity index (χ3v) is 6.01. The Kier molecular flexibility index (Phi) is 5.54. The second-order valence-electron chi connectivity index (χ2n) is 7.07. The summed E-state index contributed by atoms with van der Waals surface area (Å²) in [4.78, 5) is 28.4. The molecule has 9 nitrogen and oxygen atoms in total. The Hall–Kier alpha value is -3.92. The monoisotopic (exact) mass is 455 g/mol. The van der Waals surface area contributed by atoms with Crippen LogP contribution in [0.1, 0.15) is 21.5 Å². The number of sulfone groups is 1. The first-order valence-corrected chi connectivity index (χ1v) is 11.3. The largest absolute Gasteiger partial charge is 0.454 e. The highest BCUT2D eigenvalue weighted by Gasteiger charge is 2.23. The van der Waals surface area contributed by atoms with Crippen molar-refractivity contribution < 1.29 is 32.6 Å². The van der Waals surface area contributed by atoms with Crippen molar-refractivity contribution in [2.45, 2.75) is 11.5 Å². The lowest BCUT2D eigenvalue weighted by molar-refractivity contribution is -0.763. The first-order chi connectivity index (χ1) is 15.2. The van der Waals surface area contributed by atoms with Crippen LogP contribution < -0.4 is 9.47 Å². The van der Waals surface area contributed by atoms with Gasteiger partial charge in [0.15, 0.2) is 27.1 Å². The molecule has 4 rings (SSSR count). The summed E-state index contributed by atoms with van der Waals surface area (Å²) < 4.78 is 34.4. The number of fused-ring (bicyclic) bond motifs is 1. The fourth-order valence-corrected chi connectivity index (χ4v) is 3.97. The summed E-state index contributed by atoms with van der Waals surface area (Å²) in [6.07, 6.45) is 1.12. The summed E-state index contributed by atoms with van der Waals surface area (Å²) in [6.45, 7) is -0.262. The minimum atomic E-state index is -3.37. The van der Waals surface area contributed by atoms with E-state index in [9.17, 15) is 23.3 Å². The minimum absolute atomic E-state index is 0.0210. The average Bonchev–Trinajstić information content (AvgIpc) is 3.23. The van der Waals surface area contributed by atoms with E-state index in [0.717, 1.165) is 6.26 Å². The van der Waals surface area contributed by atoms with Gasteiger partial charge in [-0.2, -0.15) is 0 Å². The van der Waals surface area contributed by atoms with Crippen molar-refractivity contribution in [2.24, 2.45) is 0 Å². The summed E-state index contributed by atoms with van der Waals surface area (Å²) in [6, 6.07) is 15.8. The number of rotatable bonds is 7. The van der Waals surface area contributed by atoms with Crippen molar-refractivity contribution in [1.29, 1.82) is 0 Å². The van der Waals surface area contributed by atoms with Gasteiger partial charge in [0.1, 0.15) is 6.61 Å². The molecule has 0 amide bonds. The number of carbonyl (C=O) groups is 1. The van der Waals surface area contributed by atoms with Crippen molar-refractivity contribution in [3.05, 3.63) is 87.5 Å². The van der Waals surface area contributed by atoms with Gasteiger partial charge in [-0.15, -0.1) is 10.1 Å². The predicted molar refractivity (Wildman–Crippen MR) is 113 cm³/mol. The second-order valence-corrected chi connectivity index (χ2v) is 9.09. The van der Waals surface area contributed by atoms with Crippen LogP contribution in [-0.2, 0) is 21.3 Å². The molecule has 0 unspecified atom stereocenters. The van der Waals surface area contributed by atoms with Gasteiger partial charge in [-0.05, 0) is 47.0 Å². The number of benzene rings is 3. The number of hydrogen-bond donors (Lipinski definition) is 0. The van der Waals surface area contributed by atoms with Gasteiger partial charge in [0.25, 0.3) is 5.09 Å². The quantitative estimate of drug-likeness (QED) is 0.302. The van der Waals surface area contributed by atoms with E-state index in [4.69, 9.17) is 9.47 Å². The van der Waals surface area contributed by atoms with Crippen molar-refractivity contribution >= 4 is 15.6 Å². The molecule has 0 aromatic heterocycles. The minimum Gasteiger partial charge on any atom is -0.454 e. The van der Waals surface area contributed by atoms with E-state index in [1.54, 1.807) is 42.5 Å². The van der Waals surface area contributed by atoms with Gasteiger partial charge in [0, 0.05) is 17.4 Å². The zero-order valence-corrected chi connectivity index (χ0v) is 17.6. The molecule has 0 radical (unpaired) electrons. The predicted octanol–water partition coefficient (Wildman–Crippen LogP) is 3.43. The lowest BCUT2D eigenvalue weighted by atomic mass is 9.92. The van der Waals surface area contributed by atoms with Gasteiger partial charge >= 0.3 is 0 Å². The van der Waals surface area contributed by atoms with E-state index in [1.165, 1.54) is 18.2 Å².